The molecule has 174 valence electrons. The number of primary amides is 1. The minimum absolute atomic E-state index is 0.0116. The summed E-state index contributed by atoms with van der Waals surface area (Å²) in [6.45, 7) is 3.93. The number of hydrogen-bond donors (Lipinski definition) is 2. The second kappa shape index (κ2) is 11.9. The molecule has 0 aliphatic carbocycles. The lowest BCUT2D eigenvalue weighted by Crippen LogP contribution is -2.38. The summed E-state index contributed by atoms with van der Waals surface area (Å²) in [4.78, 5) is 15.8. The Morgan fingerprint density at radius 3 is 2.53 bits per heavy atom. The van der Waals surface area contributed by atoms with Crippen molar-refractivity contribution < 1.29 is 19.4 Å². The molecular formula is C25H35N3O4. The summed E-state index contributed by atoms with van der Waals surface area (Å²) in [6.07, 6.45) is 0.986. The van der Waals surface area contributed by atoms with E-state index < -0.39 is 6.10 Å². The molecule has 2 aromatic rings. The van der Waals surface area contributed by atoms with Crippen LogP contribution in [0.3, 0.4) is 0 Å². The van der Waals surface area contributed by atoms with Gasteiger partial charge >= 0.3 is 0 Å². The first-order valence-electron chi connectivity index (χ1n) is 11.2. The zero-order valence-electron chi connectivity index (χ0n) is 19.1. The third kappa shape index (κ3) is 7.22. The first-order chi connectivity index (χ1) is 15.4. The number of piperidine rings is 1. The molecule has 0 spiro atoms. The molecule has 0 radical (unpaired) electrons. The summed E-state index contributed by atoms with van der Waals surface area (Å²) < 4.78 is 11.4. The fourth-order valence-corrected chi connectivity index (χ4v) is 4.12. The lowest BCUT2D eigenvalue weighted by atomic mass is 9.96. The minimum Gasteiger partial charge on any atom is -0.493 e. The van der Waals surface area contributed by atoms with E-state index in [9.17, 15) is 9.90 Å². The summed E-state index contributed by atoms with van der Waals surface area (Å²) in [5, 5.41) is 10.5. The molecule has 0 saturated carbocycles. The monoisotopic (exact) mass is 441 g/mol. The van der Waals surface area contributed by atoms with Crippen LogP contribution in [0.15, 0.2) is 48.5 Å². The number of carbonyl (C=O) groups excluding carboxylic acids is 1. The van der Waals surface area contributed by atoms with Gasteiger partial charge in [-0.2, -0.15) is 0 Å². The second-order valence-electron chi connectivity index (χ2n) is 8.59. The highest BCUT2D eigenvalue weighted by molar-refractivity contribution is 5.76. The number of carbonyl (C=O) groups is 1. The fraction of sp³-hybridized carbons (Fsp3) is 0.480. The number of nitrogens with two attached hydrogens (primary N) is 1. The Balaban J connectivity index is 1.51. The second-order valence-corrected chi connectivity index (χ2v) is 8.59. The maximum Gasteiger partial charge on any atom is 0.220 e. The van der Waals surface area contributed by atoms with Crippen molar-refractivity contribution in [2.24, 2.45) is 11.7 Å². The SMILES string of the molecule is COc1ccc(CN2CCC(C(N)=O)CC2)cc1OC[C@H](O)CN(C)Cc1ccccc1. The third-order valence-electron chi connectivity index (χ3n) is 5.87. The topological polar surface area (TPSA) is 88.3 Å². The lowest BCUT2D eigenvalue weighted by molar-refractivity contribution is -0.123. The van der Waals surface area contributed by atoms with Crippen LogP contribution < -0.4 is 15.2 Å². The Morgan fingerprint density at radius 1 is 1.16 bits per heavy atom. The molecule has 3 rings (SSSR count). The van der Waals surface area contributed by atoms with Crippen molar-refractivity contribution in [2.75, 3.05) is 40.4 Å². The van der Waals surface area contributed by atoms with Gasteiger partial charge in [0.15, 0.2) is 11.5 Å². The zero-order valence-corrected chi connectivity index (χ0v) is 19.1. The molecule has 1 saturated heterocycles. The molecule has 1 amide bonds. The smallest absolute Gasteiger partial charge is 0.220 e. The van der Waals surface area contributed by atoms with E-state index in [4.69, 9.17) is 15.2 Å². The van der Waals surface area contributed by atoms with Crippen LogP contribution in [0.1, 0.15) is 24.0 Å². The van der Waals surface area contributed by atoms with E-state index in [0.29, 0.717) is 18.0 Å². The van der Waals surface area contributed by atoms with Crippen molar-refractivity contribution in [3.63, 3.8) is 0 Å². The summed E-state index contributed by atoms with van der Waals surface area (Å²) in [7, 11) is 3.60. The van der Waals surface area contributed by atoms with E-state index in [-0.39, 0.29) is 18.4 Å². The first kappa shape index (κ1) is 24.0. The van der Waals surface area contributed by atoms with Gasteiger partial charge in [-0.05, 0) is 56.2 Å². The van der Waals surface area contributed by atoms with E-state index in [1.807, 2.05) is 43.4 Å². The summed E-state index contributed by atoms with van der Waals surface area (Å²) in [6, 6.07) is 16.1. The van der Waals surface area contributed by atoms with Crippen molar-refractivity contribution in [3.8, 4) is 11.5 Å². The van der Waals surface area contributed by atoms with Crippen LogP contribution in [0.5, 0.6) is 11.5 Å². The Labute approximate surface area is 190 Å². The summed E-state index contributed by atoms with van der Waals surface area (Å²) in [5.41, 5.74) is 7.74. The molecule has 0 bridgehead atoms. The molecule has 1 fully saturated rings. The molecule has 0 unspecified atom stereocenters. The molecule has 1 atom stereocenters. The van der Waals surface area contributed by atoms with Crippen LogP contribution in [-0.2, 0) is 17.9 Å². The predicted octanol–water partition coefficient (Wildman–Crippen LogP) is 2.26. The van der Waals surface area contributed by atoms with Crippen LogP contribution in [-0.4, -0.2) is 67.3 Å². The minimum atomic E-state index is -0.620. The van der Waals surface area contributed by atoms with Crippen molar-refractivity contribution in [3.05, 3.63) is 59.7 Å². The fourth-order valence-electron chi connectivity index (χ4n) is 4.12. The number of nitrogens with zero attached hydrogens (tertiary/aromatic N) is 2. The number of amides is 1. The van der Waals surface area contributed by atoms with Crippen molar-refractivity contribution in [1.29, 1.82) is 0 Å². The molecule has 1 aliphatic rings. The molecule has 1 heterocycles. The third-order valence-corrected chi connectivity index (χ3v) is 5.87. The van der Waals surface area contributed by atoms with E-state index in [1.165, 1.54) is 5.56 Å². The van der Waals surface area contributed by atoms with Crippen molar-refractivity contribution >= 4 is 5.91 Å². The first-order valence-corrected chi connectivity index (χ1v) is 11.2. The number of likely N-dealkylation sites (N-methyl/N-ethyl adjacent to an activating group) is 1. The quantitative estimate of drug-likeness (QED) is 0.556. The largest absolute Gasteiger partial charge is 0.493 e. The van der Waals surface area contributed by atoms with Gasteiger partial charge in [0, 0.05) is 25.6 Å². The Hall–Kier alpha value is -2.61. The molecule has 3 N–H and O–H groups in total. The van der Waals surface area contributed by atoms with Crippen LogP contribution in [0.2, 0.25) is 0 Å². The van der Waals surface area contributed by atoms with Crippen LogP contribution in [0.4, 0.5) is 0 Å². The van der Waals surface area contributed by atoms with E-state index >= 15 is 0 Å². The highest BCUT2D eigenvalue weighted by Gasteiger charge is 2.23. The van der Waals surface area contributed by atoms with Gasteiger partial charge in [0.1, 0.15) is 12.7 Å². The highest BCUT2D eigenvalue weighted by atomic mass is 16.5. The highest BCUT2D eigenvalue weighted by Crippen LogP contribution is 2.29. The Kier molecular flexibility index (Phi) is 8.90. The van der Waals surface area contributed by atoms with Gasteiger partial charge in [-0.1, -0.05) is 36.4 Å². The Morgan fingerprint density at radius 2 is 1.88 bits per heavy atom. The maximum atomic E-state index is 11.4. The van der Waals surface area contributed by atoms with Gasteiger partial charge in [0.05, 0.1) is 7.11 Å². The molecule has 32 heavy (non-hydrogen) atoms. The van der Waals surface area contributed by atoms with Crippen LogP contribution >= 0.6 is 0 Å². The number of ether oxygens (including phenoxy) is 2. The number of aliphatic hydroxyl groups excluding tert-OH is 1. The number of rotatable bonds is 11. The Bertz CT molecular complexity index is 854. The maximum absolute atomic E-state index is 11.4. The van der Waals surface area contributed by atoms with Crippen molar-refractivity contribution in [2.45, 2.75) is 32.0 Å². The van der Waals surface area contributed by atoms with Gasteiger partial charge < -0.3 is 20.3 Å². The van der Waals surface area contributed by atoms with Crippen molar-refractivity contribution in [1.82, 2.24) is 9.80 Å². The van der Waals surface area contributed by atoms with Gasteiger partial charge in [0.25, 0.3) is 0 Å². The number of likely N-dealkylation sites (tertiary alicyclic amines) is 1. The normalized spacial score (nSPS) is 16.1. The molecule has 1 aliphatic heterocycles. The van der Waals surface area contributed by atoms with Gasteiger partial charge in [-0.15, -0.1) is 0 Å². The van der Waals surface area contributed by atoms with Gasteiger partial charge in [-0.25, -0.2) is 0 Å². The van der Waals surface area contributed by atoms with E-state index in [1.54, 1.807) is 7.11 Å². The lowest BCUT2D eigenvalue weighted by Gasteiger charge is -2.30. The standard InChI is InChI=1S/C25H35N3O4/c1-27(15-19-6-4-3-5-7-19)17-22(29)18-32-24-14-20(8-9-23(24)31-2)16-28-12-10-21(11-13-28)25(26)30/h3-9,14,21-22,29H,10-13,15-18H2,1-2H3,(H2,26,30)/t22-/m1/s1. The molecule has 0 aromatic heterocycles. The number of aliphatic hydroxyl groups is 1. The van der Waals surface area contributed by atoms with E-state index in [2.05, 4.69) is 21.9 Å². The average Bonchev–Trinajstić information content (AvgIpc) is 2.78. The van der Waals surface area contributed by atoms with Crippen LogP contribution in [0, 0.1) is 5.92 Å². The number of benzene rings is 2. The predicted molar refractivity (Wildman–Crippen MR) is 124 cm³/mol. The molecule has 2 aromatic carbocycles. The summed E-state index contributed by atoms with van der Waals surface area (Å²) >= 11 is 0. The average molecular weight is 442 g/mol. The zero-order chi connectivity index (χ0) is 22.9. The number of hydrogen-bond acceptors (Lipinski definition) is 6. The van der Waals surface area contributed by atoms with Crippen LogP contribution in [0.25, 0.3) is 0 Å². The van der Waals surface area contributed by atoms with Gasteiger partial charge in [-0.3, -0.25) is 14.6 Å². The number of methoxy groups -OCH3 is 1. The van der Waals surface area contributed by atoms with E-state index in [0.717, 1.165) is 44.6 Å². The molecular weight excluding hydrogens is 406 g/mol. The summed E-state index contributed by atoms with van der Waals surface area (Å²) in [5.74, 6) is 1.06. The molecule has 7 heteroatoms. The van der Waals surface area contributed by atoms with Gasteiger partial charge in [0.2, 0.25) is 5.91 Å². The molecule has 7 nitrogen and oxygen atoms in total.